The number of hydrogen-bond donors (Lipinski definition) is 3. The number of nitrogens with one attached hydrogen (secondary N) is 2. The van der Waals surface area contributed by atoms with Crippen LogP contribution in [0.5, 0.6) is 5.75 Å². The van der Waals surface area contributed by atoms with Gasteiger partial charge in [-0.1, -0.05) is 30.3 Å². The molecule has 0 saturated heterocycles. The summed E-state index contributed by atoms with van der Waals surface area (Å²) in [6.07, 6.45) is -20.8. The first-order valence-corrected chi connectivity index (χ1v) is 14.5. The van der Waals surface area contributed by atoms with Crippen LogP contribution in [-0.2, 0) is 31.1 Å². The maximum Gasteiger partial charge on any atom is 0.416 e. The highest BCUT2D eigenvalue weighted by atomic mass is 19.4. The van der Waals surface area contributed by atoms with E-state index in [0.29, 0.717) is 24.3 Å². The molecular weight excluding hydrogens is 726 g/mol. The SMILES string of the molecule is CC(=N)N=C([OH2+])C(Cc1ccc(-c2cc(C(F)(F)F)cc(C(F)(F)F)c2)cc1)NC(=O)c1cc(-c2cc(C(F)(F)F)cc(C(F)(F)F)c2)ccc1O. The molecule has 0 aliphatic carbocycles. The lowest BCUT2D eigenvalue weighted by atomic mass is 9.96. The predicted octanol–water partition coefficient (Wildman–Crippen LogP) is 9.26. The summed E-state index contributed by atoms with van der Waals surface area (Å²) >= 11 is 0. The van der Waals surface area contributed by atoms with E-state index in [-0.39, 0.29) is 41.1 Å². The van der Waals surface area contributed by atoms with Gasteiger partial charge < -0.3 is 15.5 Å². The molecule has 4 aromatic carbocycles. The average molecular weight is 751 g/mol. The molecule has 0 bridgehead atoms. The third kappa shape index (κ3) is 9.61. The number of nitrogens with zero attached hydrogens (tertiary/aromatic N) is 1. The second kappa shape index (κ2) is 14.2. The Bertz CT molecular complexity index is 1950. The lowest BCUT2D eigenvalue weighted by Crippen LogP contribution is -2.42. The summed E-state index contributed by atoms with van der Waals surface area (Å²) in [4.78, 5) is 17.0. The van der Waals surface area contributed by atoms with Crippen LogP contribution in [0, 0.1) is 5.41 Å². The van der Waals surface area contributed by atoms with Crippen molar-refractivity contribution in [2.45, 2.75) is 44.1 Å². The van der Waals surface area contributed by atoms with Crippen molar-refractivity contribution in [2.75, 3.05) is 0 Å². The molecule has 0 saturated carbocycles. The van der Waals surface area contributed by atoms with Gasteiger partial charge in [0, 0.05) is 6.42 Å². The summed E-state index contributed by atoms with van der Waals surface area (Å²) in [5.41, 5.74) is -8.12. The van der Waals surface area contributed by atoms with Crippen molar-refractivity contribution in [3.8, 4) is 28.0 Å². The van der Waals surface area contributed by atoms with Crippen molar-refractivity contribution in [3.05, 3.63) is 112 Å². The average Bonchev–Trinajstić information content (AvgIpc) is 3.02. The number of phenolic OH excluding ortho intramolecular Hbond substituents is 1. The van der Waals surface area contributed by atoms with Crippen LogP contribution in [0.1, 0.15) is 45.1 Å². The molecule has 1 atom stereocenters. The van der Waals surface area contributed by atoms with E-state index in [1.165, 1.54) is 31.2 Å². The van der Waals surface area contributed by atoms with E-state index >= 15 is 0 Å². The van der Waals surface area contributed by atoms with Gasteiger partial charge in [0.15, 0.2) is 6.04 Å². The third-order valence-electron chi connectivity index (χ3n) is 7.40. The lowest BCUT2D eigenvalue weighted by Gasteiger charge is -2.17. The molecule has 0 aromatic heterocycles. The molecule has 0 fully saturated rings. The van der Waals surface area contributed by atoms with Gasteiger partial charge in [0.25, 0.3) is 5.91 Å². The summed E-state index contributed by atoms with van der Waals surface area (Å²) in [5.74, 6) is -2.94. The van der Waals surface area contributed by atoms with Crippen LogP contribution in [-0.4, -0.2) is 33.9 Å². The maximum absolute atomic E-state index is 13.4. The number of benzene rings is 4. The van der Waals surface area contributed by atoms with Crippen molar-refractivity contribution in [2.24, 2.45) is 4.99 Å². The minimum Gasteiger partial charge on any atom is -0.580 e. The number of amidine groups is 1. The zero-order valence-corrected chi connectivity index (χ0v) is 26.1. The van der Waals surface area contributed by atoms with Crippen LogP contribution in [0.3, 0.4) is 0 Å². The van der Waals surface area contributed by atoms with E-state index in [2.05, 4.69) is 10.3 Å². The van der Waals surface area contributed by atoms with Gasteiger partial charge in [0.2, 0.25) is 0 Å². The summed E-state index contributed by atoms with van der Waals surface area (Å²) in [6.45, 7) is 1.19. The van der Waals surface area contributed by atoms with E-state index in [1.54, 1.807) is 0 Å². The second-order valence-corrected chi connectivity index (χ2v) is 11.3. The number of amides is 1. The molecule has 0 aliphatic heterocycles. The number of carbonyl (C=O) groups is 1. The van der Waals surface area contributed by atoms with E-state index < -0.39 is 87.2 Å². The number of aliphatic imine (C=N–C) groups is 1. The monoisotopic (exact) mass is 750 g/mol. The fourth-order valence-electron chi connectivity index (χ4n) is 4.92. The number of hydrogen-bond acceptors (Lipinski definition) is 3. The van der Waals surface area contributed by atoms with Gasteiger partial charge in [0.1, 0.15) is 11.6 Å². The van der Waals surface area contributed by atoms with E-state index in [0.717, 1.165) is 18.2 Å². The molecular formula is C34H24F12N3O3+. The molecule has 4 aromatic rings. The van der Waals surface area contributed by atoms with Crippen LogP contribution in [0.2, 0.25) is 0 Å². The quantitative estimate of drug-likeness (QED) is 0.0758. The fourth-order valence-corrected chi connectivity index (χ4v) is 4.92. The summed E-state index contributed by atoms with van der Waals surface area (Å²) in [6, 6.07) is 7.91. The first kappa shape index (κ1) is 39.2. The van der Waals surface area contributed by atoms with Crippen LogP contribution >= 0.6 is 0 Å². The molecule has 0 heterocycles. The largest absolute Gasteiger partial charge is 0.580 e. The van der Waals surface area contributed by atoms with Gasteiger partial charge in [-0.15, -0.1) is 0 Å². The van der Waals surface area contributed by atoms with E-state index in [9.17, 15) is 62.6 Å². The molecule has 4 rings (SSSR count). The number of halogens is 12. The highest BCUT2D eigenvalue weighted by Gasteiger charge is 2.38. The van der Waals surface area contributed by atoms with E-state index in [4.69, 9.17) is 10.5 Å². The van der Waals surface area contributed by atoms with Gasteiger partial charge in [-0.2, -0.15) is 57.7 Å². The number of rotatable bonds is 7. The fraction of sp³-hybridized carbons (Fsp3) is 0.206. The van der Waals surface area contributed by atoms with Crippen LogP contribution < -0.4 is 5.32 Å². The van der Waals surface area contributed by atoms with Crippen molar-refractivity contribution < 1.29 is 67.7 Å². The standard InChI is InChI=1S/C34H23F12N3O3/c1-16(47)48-30(52)27(8-17-2-4-18(5-3-17)20-9-22(31(35,36)37)14-23(10-20)32(38,39)40)49-29(51)26-13-19(6-7-28(26)50)21-11-24(33(41,42)43)15-25(12-21)34(44,45)46/h2-7,9-15,27,50H,8H2,1H3,(H,49,51)(H2,47,48,52)/p+1. The molecule has 6 nitrogen and oxygen atoms in total. The molecule has 5 N–H and O–H groups in total. The molecule has 52 heavy (non-hydrogen) atoms. The van der Waals surface area contributed by atoms with Crippen LogP contribution in [0.4, 0.5) is 52.7 Å². The Hall–Kier alpha value is -5.55. The Morgan fingerprint density at radius 2 is 1.08 bits per heavy atom. The Morgan fingerprint density at radius 3 is 1.48 bits per heavy atom. The molecule has 18 heteroatoms. The Kier molecular flexibility index (Phi) is 10.7. The topological polar surface area (TPSA) is 108 Å². The van der Waals surface area contributed by atoms with Crippen LogP contribution in [0.15, 0.2) is 83.9 Å². The Balaban J connectivity index is 1.68. The summed E-state index contributed by atoms with van der Waals surface area (Å²) < 4.78 is 161. The molecule has 0 aliphatic rings. The highest BCUT2D eigenvalue weighted by Crippen LogP contribution is 2.40. The number of carbonyl (C=O) groups excluding carboxylic acids is 1. The zero-order valence-electron chi connectivity index (χ0n) is 26.1. The minimum atomic E-state index is -5.17. The van der Waals surface area contributed by atoms with Gasteiger partial charge >= 0.3 is 30.6 Å². The maximum atomic E-state index is 13.4. The molecule has 0 spiro atoms. The van der Waals surface area contributed by atoms with E-state index in [1.807, 2.05) is 0 Å². The number of alkyl halides is 12. The first-order valence-electron chi connectivity index (χ1n) is 14.5. The molecule has 276 valence electrons. The third-order valence-corrected chi connectivity index (χ3v) is 7.40. The highest BCUT2D eigenvalue weighted by molar-refractivity contribution is 6.02. The number of aromatic hydroxyl groups is 1. The zero-order chi connectivity index (χ0) is 39.0. The molecule has 1 unspecified atom stereocenters. The van der Waals surface area contributed by atoms with Gasteiger partial charge in [0.05, 0.1) is 27.8 Å². The van der Waals surface area contributed by atoms with Crippen molar-refractivity contribution in [3.63, 3.8) is 0 Å². The van der Waals surface area contributed by atoms with Gasteiger partial charge in [-0.05, 0) is 83.3 Å². The van der Waals surface area contributed by atoms with Gasteiger partial charge in [-0.25, -0.2) is 0 Å². The minimum absolute atomic E-state index is 0.0293. The summed E-state index contributed by atoms with van der Waals surface area (Å²) in [7, 11) is 0. The molecule has 0 radical (unpaired) electrons. The Morgan fingerprint density at radius 1 is 0.673 bits per heavy atom. The Labute approximate surface area is 285 Å². The smallest absolute Gasteiger partial charge is 0.416 e. The normalized spacial score (nSPS) is 13.5. The number of phenols is 1. The van der Waals surface area contributed by atoms with Crippen molar-refractivity contribution >= 4 is 17.6 Å². The lowest BCUT2D eigenvalue weighted by molar-refractivity contribution is -0.144. The van der Waals surface area contributed by atoms with Gasteiger partial charge in [-0.3, -0.25) is 10.2 Å². The second-order valence-electron chi connectivity index (χ2n) is 11.3. The van der Waals surface area contributed by atoms with Crippen LogP contribution in [0.25, 0.3) is 22.3 Å². The van der Waals surface area contributed by atoms with Crippen molar-refractivity contribution in [1.82, 2.24) is 5.32 Å². The van der Waals surface area contributed by atoms with Crippen molar-refractivity contribution in [1.29, 1.82) is 5.41 Å². The molecule has 1 amide bonds. The summed E-state index contributed by atoms with van der Waals surface area (Å²) in [5, 5.41) is 28.7. The first-order chi connectivity index (χ1) is 23.8. The predicted molar refractivity (Wildman–Crippen MR) is 165 cm³/mol.